The summed E-state index contributed by atoms with van der Waals surface area (Å²) in [7, 11) is 0. The highest BCUT2D eigenvalue weighted by Crippen LogP contribution is 2.23. The summed E-state index contributed by atoms with van der Waals surface area (Å²) in [5.74, 6) is -0.193. The molecule has 0 spiro atoms. The van der Waals surface area contributed by atoms with Crippen molar-refractivity contribution in [3.63, 3.8) is 0 Å². The van der Waals surface area contributed by atoms with Crippen LogP contribution in [0.25, 0.3) is 0 Å². The summed E-state index contributed by atoms with van der Waals surface area (Å²) in [5, 5.41) is 25.0. The molecule has 1 aliphatic heterocycles. The molecule has 2 rings (SSSR count). The van der Waals surface area contributed by atoms with Gasteiger partial charge in [0.1, 0.15) is 11.5 Å². The fraction of sp³-hybridized carbons (Fsp3) is 0.462. The molecule has 4 N–H and O–H groups in total. The Morgan fingerprint density at radius 2 is 2.22 bits per heavy atom. The van der Waals surface area contributed by atoms with Gasteiger partial charge < -0.3 is 20.8 Å². The summed E-state index contributed by atoms with van der Waals surface area (Å²) in [6, 6.07) is 4.10. The van der Waals surface area contributed by atoms with Gasteiger partial charge in [-0.1, -0.05) is 6.92 Å². The van der Waals surface area contributed by atoms with Crippen LogP contribution in [0.3, 0.4) is 0 Å². The summed E-state index contributed by atoms with van der Waals surface area (Å²) < 4.78 is 0. The Kier molecular flexibility index (Phi) is 3.72. The highest BCUT2D eigenvalue weighted by atomic mass is 16.3. The Hall–Kier alpha value is -1.75. The molecule has 2 unspecified atom stereocenters. The topological polar surface area (TPSA) is 81.6 Å². The molecule has 0 aromatic heterocycles. The lowest BCUT2D eigenvalue weighted by Crippen LogP contribution is -2.48. The van der Waals surface area contributed by atoms with Crippen molar-refractivity contribution in [3.05, 3.63) is 23.8 Å². The van der Waals surface area contributed by atoms with E-state index in [1.54, 1.807) is 0 Å². The summed E-state index contributed by atoms with van der Waals surface area (Å²) >= 11 is 0. The number of hydrogen-bond acceptors (Lipinski definition) is 4. The minimum absolute atomic E-state index is 0.0562. The van der Waals surface area contributed by atoms with E-state index in [0.29, 0.717) is 5.92 Å². The predicted octanol–water partition coefficient (Wildman–Crippen LogP) is 0.826. The maximum atomic E-state index is 12.0. The Balaban J connectivity index is 2.07. The smallest absolute Gasteiger partial charge is 0.255 e. The highest BCUT2D eigenvalue weighted by Gasteiger charge is 2.23. The van der Waals surface area contributed by atoms with E-state index in [0.717, 1.165) is 19.5 Å². The molecule has 1 aromatic rings. The monoisotopic (exact) mass is 250 g/mol. The summed E-state index contributed by atoms with van der Waals surface area (Å²) in [5.41, 5.74) is 0.193. The van der Waals surface area contributed by atoms with E-state index in [-0.39, 0.29) is 29.0 Å². The lowest BCUT2D eigenvalue weighted by atomic mass is 9.95. The van der Waals surface area contributed by atoms with E-state index in [9.17, 15) is 15.0 Å². The Labute approximate surface area is 106 Å². The van der Waals surface area contributed by atoms with Crippen LogP contribution in [0.2, 0.25) is 0 Å². The van der Waals surface area contributed by atoms with Crippen LogP contribution >= 0.6 is 0 Å². The highest BCUT2D eigenvalue weighted by molar-refractivity contribution is 5.97. The second-order valence-corrected chi connectivity index (χ2v) is 4.75. The average molecular weight is 250 g/mol. The van der Waals surface area contributed by atoms with Crippen molar-refractivity contribution in [3.8, 4) is 11.5 Å². The van der Waals surface area contributed by atoms with Crippen LogP contribution in [0.5, 0.6) is 11.5 Å². The standard InChI is InChI=1S/C13H18N2O3/c1-8-7-14-5-4-11(8)15-13(18)10-3-2-9(16)6-12(10)17/h2-3,6,8,11,14,16-17H,4-5,7H2,1H3,(H,15,18). The van der Waals surface area contributed by atoms with Crippen LogP contribution in [0, 0.1) is 5.92 Å². The van der Waals surface area contributed by atoms with Crippen molar-refractivity contribution in [2.24, 2.45) is 5.92 Å². The number of carbonyl (C=O) groups is 1. The number of hydrogen-bond donors (Lipinski definition) is 4. The zero-order valence-electron chi connectivity index (χ0n) is 10.3. The number of carbonyl (C=O) groups excluding carboxylic acids is 1. The first-order chi connectivity index (χ1) is 8.58. The fourth-order valence-electron chi connectivity index (χ4n) is 2.19. The second kappa shape index (κ2) is 5.27. The zero-order chi connectivity index (χ0) is 13.1. The summed E-state index contributed by atoms with van der Waals surface area (Å²) in [4.78, 5) is 12.0. The molecule has 5 heteroatoms. The first-order valence-corrected chi connectivity index (χ1v) is 6.11. The maximum Gasteiger partial charge on any atom is 0.255 e. The molecule has 1 aliphatic rings. The molecule has 0 bridgehead atoms. The van der Waals surface area contributed by atoms with E-state index >= 15 is 0 Å². The Morgan fingerprint density at radius 3 is 2.89 bits per heavy atom. The molecular weight excluding hydrogens is 232 g/mol. The third-order valence-electron chi connectivity index (χ3n) is 3.33. The van der Waals surface area contributed by atoms with Crippen molar-refractivity contribution in [1.29, 1.82) is 0 Å². The average Bonchev–Trinajstić information content (AvgIpc) is 2.32. The van der Waals surface area contributed by atoms with E-state index in [1.165, 1.54) is 18.2 Å². The summed E-state index contributed by atoms with van der Waals surface area (Å²) in [6.07, 6.45) is 0.881. The SMILES string of the molecule is CC1CNCCC1NC(=O)c1ccc(O)cc1O. The molecule has 98 valence electrons. The predicted molar refractivity (Wildman–Crippen MR) is 67.7 cm³/mol. The molecule has 0 radical (unpaired) electrons. The van der Waals surface area contributed by atoms with Crippen LogP contribution < -0.4 is 10.6 Å². The van der Waals surface area contributed by atoms with Gasteiger partial charge in [0.2, 0.25) is 0 Å². The lowest BCUT2D eigenvalue weighted by molar-refractivity contribution is 0.0911. The van der Waals surface area contributed by atoms with Crippen molar-refractivity contribution in [2.75, 3.05) is 13.1 Å². The molecular formula is C13H18N2O3. The number of phenolic OH excluding ortho intramolecular Hbond substituents is 2. The van der Waals surface area contributed by atoms with Gasteiger partial charge in [0.25, 0.3) is 5.91 Å². The largest absolute Gasteiger partial charge is 0.508 e. The van der Waals surface area contributed by atoms with Gasteiger partial charge >= 0.3 is 0 Å². The molecule has 1 fully saturated rings. The molecule has 5 nitrogen and oxygen atoms in total. The molecule has 2 atom stereocenters. The van der Waals surface area contributed by atoms with Gasteiger partial charge in [-0.2, -0.15) is 0 Å². The van der Waals surface area contributed by atoms with Gasteiger partial charge in [0.15, 0.2) is 0 Å². The van der Waals surface area contributed by atoms with Gasteiger partial charge in [-0.15, -0.1) is 0 Å². The van der Waals surface area contributed by atoms with Gasteiger partial charge in [-0.05, 0) is 37.6 Å². The van der Waals surface area contributed by atoms with Gasteiger partial charge in [0, 0.05) is 12.1 Å². The number of aromatic hydroxyl groups is 2. The van der Waals surface area contributed by atoms with E-state index in [2.05, 4.69) is 17.6 Å². The van der Waals surface area contributed by atoms with Crippen LogP contribution in [0.15, 0.2) is 18.2 Å². The Morgan fingerprint density at radius 1 is 1.44 bits per heavy atom. The number of piperidine rings is 1. The molecule has 18 heavy (non-hydrogen) atoms. The number of benzene rings is 1. The third-order valence-corrected chi connectivity index (χ3v) is 3.33. The van der Waals surface area contributed by atoms with Crippen LogP contribution in [-0.2, 0) is 0 Å². The molecule has 1 saturated heterocycles. The van der Waals surface area contributed by atoms with Crippen molar-refractivity contribution in [2.45, 2.75) is 19.4 Å². The van der Waals surface area contributed by atoms with Crippen LogP contribution in [0.1, 0.15) is 23.7 Å². The molecule has 1 amide bonds. The molecule has 0 saturated carbocycles. The van der Waals surface area contributed by atoms with Gasteiger partial charge in [-0.3, -0.25) is 4.79 Å². The zero-order valence-corrected chi connectivity index (χ0v) is 10.3. The van der Waals surface area contributed by atoms with Gasteiger partial charge in [0.05, 0.1) is 5.56 Å². The van der Waals surface area contributed by atoms with E-state index in [4.69, 9.17) is 0 Å². The summed E-state index contributed by atoms with van der Waals surface area (Å²) in [6.45, 7) is 3.84. The number of amides is 1. The van der Waals surface area contributed by atoms with Crippen molar-refractivity contribution >= 4 is 5.91 Å². The minimum Gasteiger partial charge on any atom is -0.508 e. The molecule has 0 aliphatic carbocycles. The normalized spacial score (nSPS) is 23.6. The fourth-order valence-corrected chi connectivity index (χ4v) is 2.19. The lowest BCUT2D eigenvalue weighted by Gasteiger charge is -2.30. The third kappa shape index (κ3) is 2.73. The molecule has 1 aromatic carbocycles. The number of phenols is 2. The van der Waals surface area contributed by atoms with Crippen molar-refractivity contribution < 1.29 is 15.0 Å². The second-order valence-electron chi connectivity index (χ2n) is 4.75. The van der Waals surface area contributed by atoms with E-state index in [1.807, 2.05) is 0 Å². The molecule has 1 heterocycles. The first-order valence-electron chi connectivity index (χ1n) is 6.11. The van der Waals surface area contributed by atoms with Crippen LogP contribution in [-0.4, -0.2) is 35.3 Å². The van der Waals surface area contributed by atoms with Crippen LogP contribution in [0.4, 0.5) is 0 Å². The van der Waals surface area contributed by atoms with E-state index < -0.39 is 0 Å². The minimum atomic E-state index is -0.300. The quantitative estimate of drug-likeness (QED) is 0.626. The van der Waals surface area contributed by atoms with Gasteiger partial charge in [-0.25, -0.2) is 0 Å². The number of nitrogens with one attached hydrogen (secondary N) is 2. The maximum absolute atomic E-state index is 12.0. The Bertz CT molecular complexity index is 448. The van der Waals surface area contributed by atoms with Crippen molar-refractivity contribution in [1.82, 2.24) is 10.6 Å². The number of rotatable bonds is 2. The first kappa shape index (κ1) is 12.7.